The van der Waals surface area contributed by atoms with Gasteiger partial charge in [-0.3, -0.25) is 4.79 Å². The molecule has 0 aliphatic carbocycles. The van der Waals surface area contributed by atoms with Gasteiger partial charge >= 0.3 is 5.97 Å². The fraction of sp³-hybridized carbons (Fsp3) is 0.529. The average molecular weight is 351 g/mol. The highest BCUT2D eigenvalue weighted by atomic mass is 32.2. The van der Waals surface area contributed by atoms with Crippen LogP contribution in [0.5, 0.6) is 0 Å². The molecule has 0 aromatic heterocycles. The van der Waals surface area contributed by atoms with Crippen molar-refractivity contribution in [2.75, 3.05) is 37.9 Å². The van der Waals surface area contributed by atoms with E-state index in [-0.39, 0.29) is 19.1 Å². The monoisotopic (exact) mass is 351 g/mol. The fourth-order valence-electron chi connectivity index (χ4n) is 2.67. The molecule has 0 saturated carbocycles. The molecule has 2 atom stereocenters. The standard InChI is InChI=1S/C17H21NO5S/c1-12-6-7-18(13-4-2-3-5-15(13)24-12)16(19)11-23-17(20)14-10-21-8-9-22-14/h2-5,12,14H,6-11H2,1H3/t12-,14+/m1/s1. The van der Waals surface area contributed by atoms with Crippen molar-refractivity contribution >= 4 is 29.3 Å². The summed E-state index contributed by atoms with van der Waals surface area (Å²) in [6.45, 7) is 3.49. The maximum absolute atomic E-state index is 12.6. The molecule has 1 amide bonds. The van der Waals surface area contributed by atoms with E-state index in [0.29, 0.717) is 25.0 Å². The Kier molecular flexibility index (Phi) is 5.76. The Hall–Kier alpha value is -1.57. The minimum absolute atomic E-state index is 0.174. The van der Waals surface area contributed by atoms with Crippen LogP contribution in [0.4, 0.5) is 5.69 Å². The molecule has 3 rings (SSSR count). The molecule has 0 N–H and O–H groups in total. The number of carbonyl (C=O) groups is 2. The highest BCUT2D eigenvalue weighted by Gasteiger charge is 2.28. The molecular weight excluding hydrogens is 330 g/mol. The van der Waals surface area contributed by atoms with E-state index in [2.05, 4.69) is 6.92 Å². The predicted octanol–water partition coefficient (Wildman–Crippen LogP) is 1.86. The number of fused-ring (bicyclic) bond motifs is 1. The van der Waals surface area contributed by atoms with Crippen molar-refractivity contribution in [3.05, 3.63) is 24.3 Å². The van der Waals surface area contributed by atoms with Crippen LogP contribution in [-0.4, -0.2) is 56.2 Å². The Labute approximate surface area is 145 Å². The molecule has 1 aromatic carbocycles. The van der Waals surface area contributed by atoms with E-state index in [1.54, 1.807) is 16.7 Å². The van der Waals surface area contributed by atoms with E-state index < -0.39 is 12.1 Å². The summed E-state index contributed by atoms with van der Waals surface area (Å²) in [5, 5.41) is 0.430. The van der Waals surface area contributed by atoms with Gasteiger partial charge in [-0.2, -0.15) is 0 Å². The summed E-state index contributed by atoms with van der Waals surface area (Å²) in [5.74, 6) is -0.767. The molecule has 130 valence electrons. The van der Waals surface area contributed by atoms with Crippen LogP contribution in [0.1, 0.15) is 13.3 Å². The molecule has 6 nitrogen and oxygen atoms in total. The van der Waals surface area contributed by atoms with Gasteiger partial charge in [-0.1, -0.05) is 19.1 Å². The highest BCUT2D eigenvalue weighted by molar-refractivity contribution is 8.00. The van der Waals surface area contributed by atoms with Gasteiger partial charge in [0, 0.05) is 16.7 Å². The minimum atomic E-state index is -0.737. The number of thioether (sulfide) groups is 1. The van der Waals surface area contributed by atoms with Gasteiger partial charge in [0.1, 0.15) is 0 Å². The third-order valence-electron chi connectivity index (χ3n) is 3.96. The van der Waals surface area contributed by atoms with E-state index in [0.717, 1.165) is 17.0 Å². The number of ether oxygens (including phenoxy) is 3. The Morgan fingerprint density at radius 1 is 1.33 bits per heavy atom. The van der Waals surface area contributed by atoms with Crippen LogP contribution in [0, 0.1) is 0 Å². The molecule has 1 saturated heterocycles. The highest BCUT2D eigenvalue weighted by Crippen LogP contribution is 2.37. The molecule has 2 heterocycles. The molecule has 1 aromatic rings. The largest absolute Gasteiger partial charge is 0.454 e. The number of esters is 1. The van der Waals surface area contributed by atoms with Gasteiger partial charge in [0.2, 0.25) is 0 Å². The molecular formula is C17H21NO5S. The second kappa shape index (κ2) is 8.00. The van der Waals surface area contributed by atoms with E-state index in [9.17, 15) is 9.59 Å². The van der Waals surface area contributed by atoms with Crippen molar-refractivity contribution < 1.29 is 23.8 Å². The first kappa shape index (κ1) is 17.3. The van der Waals surface area contributed by atoms with E-state index in [1.807, 2.05) is 24.3 Å². The summed E-state index contributed by atoms with van der Waals surface area (Å²) >= 11 is 1.76. The fourth-order valence-corrected chi connectivity index (χ4v) is 3.79. The van der Waals surface area contributed by atoms with Crippen LogP contribution in [-0.2, 0) is 23.8 Å². The number of hydrogen-bond donors (Lipinski definition) is 0. The van der Waals surface area contributed by atoms with Crippen LogP contribution in [0.15, 0.2) is 29.2 Å². The lowest BCUT2D eigenvalue weighted by molar-refractivity contribution is -0.172. The summed E-state index contributed by atoms with van der Waals surface area (Å²) in [5.41, 5.74) is 0.880. The SMILES string of the molecule is C[C@@H]1CCN(C(=O)COC(=O)[C@@H]2COCCO2)c2ccccc2S1. The number of hydrogen-bond acceptors (Lipinski definition) is 6. The second-order valence-corrected chi connectivity index (χ2v) is 7.25. The smallest absolute Gasteiger partial charge is 0.338 e. The Morgan fingerprint density at radius 2 is 2.17 bits per heavy atom. The van der Waals surface area contributed by atoms with Gasteiger partial charge in [0.25, 0.3) is 5.91 Å². The van der Waals surface area contributed by atoms with E-state index >= 15 is 0 Å². The van der Waals surface area contributed by atoms with Gasteiger partial charge in [0.15, 0.2) is 12.7 Å². The average Bonchev–Trinajstić information content (AvgIpc) is 2.78. The molecule has 0 radical (unpaired) electrons. The second-order valence-electron chi connectivity index (χ2n) is 5.77. The van der Waals surface area contributed by atoms with Crippen molar-refractivity contribution in [3.63, 3.8) is 0 Å². The van der Waals surface area contributed by atoms with Crippen LogP contribution in [0.3, 0.4) is 0 Å². The van der Waals surface area contributed by atoms with Crippen molar-refractivity contribution in [1.82, 2.24) is 0 Å². The Bertz CT molecular complexity index is 602. The topological polar surface area (TPSA) is 65.1 Å². The number of rotatable bonds is 3. The molecule has 0 unspecified atom stereocenters. The van der Waals surface area contributed by atoms with Crippen LogP contribution < -0.4 is 4.90 Å². The van der Waals surface area contributed by atoms with Crippen molar-refractivity contribution in [3.8, 4) is 0 Å². The van der Waals surface area contributed by atoms with Crippen LogP contribution >= 0.6 is 11.8 Å². The normalized spacial score (nSPS) is 24.0. The summed E-state index contributed by atoms with van der Waals surface area (Å²) in [7, 11) is 0. The summed E-state index contributed by atoms with van der Waals surface area (Å²) in [4.78, 5) is 27.3. The van der Waals surface area contributed by atoms with E-state index in [4.69, 9.17) is 14.2 Å². The lowest BCUT2D eigenvalue weighted by Crippen LogP contribution is -2.40. The maximum Gasteiger partial charge on any atom is 0.338 e. The maximum atomic E-state index is 12.6. The predicted molar refractivity (Wildman–Crippen MR) is 90.2 cm³/mol. The number of anilines is 1. The summed E-state index contributed by atoms with van der Waals surface area (Å²) in [6.07, 6.45) is 0.150. The van der Waals surface area contributed by atoms with E-state index in [1.165, 1.54) is 0 Å². The number of nitrogens with zero attached hydrogens (tertiary/aromatic N) is 1. The van der Waals surface area contributed by atoms with Gasteiger partial charge in [-0.25, -0.2) is 4.79 Å². The molecule has 2 aliphatic rings. The first-order valence-corrected chi connectivity index (χ1v) is 8.95. The van der Waals surface area contributed by atoms with Crippen molar-refractivity contribution in [1.29, 1.82) is 0 Å². The quantitative estimate of drug-likeness (QED) is 0.775. The first-order valence-electron chi connectivity index (χ1n) is 8.07. The molecule has 2 aliphatic heterocycles. The van der Waals surface area contributed by atoms with Gasteiger partial charge < -0.3 is 19.1 Å². The summed E-state index contributed by atoms with van der Waals surface area (Å²) < 4.78 is 15.6. The van der Waals surface area contributed by atoms with Crippen molar-refractivity contribution in [2.45, 2.75) is 29.6 Å². The lowest BCUT2D eigenvalue weighted by Gasteiger charge is -2.24. The third-order valence-corrected chi connectivity index (χ3v) is 5.20. The van der Waals surface area contributed by atoms with Crippen molar-refractivity contribution in [2.24, 2.45) is 0 Å². The number of carbonyl (C=O) groups excluding carboxylic acids is 2. The molecule has 1 fully saturated rings. The first-order chi connectivity index (χ1) is 11.6. The van der Waals surface area contributed by atoms with Gasteiger partial charge in [-0.15, -0.1) is 11.8 Å². The lowest BCUT2D eigenvalue weighted by atomic mass is 10.2. The van der Waals surface area contributed by atoms with Gasteiger partial charge in [0.05, 0.1) is 25.5 Å². The molecule has 24 heavy (non-hydrogen) atoms. The Balaban J connectivity index is 1.63. The molecule has 0 spiro atoms. The van der Waals surface area contributed by atoms with Crippen LogP contribution in [0.25, 0.3) is 0 Å². The number of benzene rings is 1. The zero-order valence-corrected chi connectivity index (χ0v) is 14.4. The molecule has 7 heteroatoms. The Morgan fingerprint density at radius 3 is 2.96 bits per heavy atom. The van der Waals surface area contributed by atoms with Crippen LogP contribution in [0.2, 0.25) is 0 Å². The third kappa shape index (κ3) is 4.09. The van der Waals surface area contributed by atoms with Gasteiger partial charge in [-0.05, 0) is 18.6 Å². The minimum Gasteiger partial charge on any atom is -0.454 e. The zero-order chi connectivity index (χ0) is 16.9. The zero-order valence-electron chi connectivity index (χ0n) is 13.6. The summed E-state index contributed by atoms with van der Waals surface area (Å²) in [6, 6.07) is 7.82. The number of amides is 1. The number of para-hydroxylation sites is 1. The molecule has 0 bridgehead atoms.